The first-order valence-electron chi connectivity index (χ1n) is 40.7. The van der Waals surface area contributed by atoms with Gasteiger partial charge in [0.25, 0.3) is 0 Å². The lowest BCUT2D eigenvalue weighted by Gasteiger charge is -2.29. The molecule has 0 aliphatic heterocycles. The lowest BCUT2D eigenvalue weighted by molar-refractivity contribution is -0.139. The summed E-state index contributed by atoms with van der Waals surface area (Å²) in [5, 5.41) is 86.2. The van der Waals surface area contributed by atoms with E-state index < -0.39 is 292 Å². The number of rotatable bonds is 55. The summed E-state index contributed by atoms with van der Waals surface area (Å²) in [6.45, 7) is 0.313. The molecule has 702 valence electrons. The smallest absolute Gasteiger partial charge is 0.303 e. The highest BCUT2D eigenvalue weighted by atomic mass is 32.1. The van der Waals surface area contributed by atoms with E-state index in [9.17, 15) is 102 Å². The Morgan fingerprint density at radius 1 is 0.392 bits per heavy atom. The summed E-state index contributed by atoms with van der Waals surface area (Å²) >= 11 is 8.46. The van der Waals surface area contributed by atoms with Gasteiger partial charge < -0.3 is 139 Å². The number of phenols is 1. The Morgan fingerprint density at radius 2 is 0.754 bits per heavy atom. The van der Waals surface area contributed by atoms with Crippen molar-refractivity contribution in [3.8, 4) is 5.75 Å². The number of nitrogens with one attached hydrogen (secondary N) is 18. The number of carbonyl (C=O) groups is 19. The summed E-state index contributed by atoms with van der Waals surface area (Å²) in [7, 11) is 0. The molecular weight excluding hydrogens is 1740 g/mol. The van der Waals surface area contributed by atoms with Gasteiger partial charge in [-0.25, -0.2) is 0 Å². The number of fused-ring (bicyclic) bond motifs is 2. The standard InChI is InChI=1S/C82H109N23O23S2/c1-40(107)68(105-73(120)53(23-26-64(84)111)97-79(126)61(38-129)93-41(2)108)81(128)102-58(32-45-35-91-50-16-9-7-14-48(45)50)77(124)95-52(22-25-63(83)110)72(119)104-62(39-130)80(127)99-56(30-43-18-20-46(109)21-19-43)75(122)100-57(31-44-34-90-49-15-8-6-13-47(44)49)76(123)94-51(17-10-28-89-82(87)88)70(117)101-59(33-65(85)112)78(125)98-55(29-42-11-4-3-5-12-42)74(121)96-54(24-27-67(114)115)71(118)103-60(37-106)69(116)92-36-66(86)113/h3-9,11-16,18-21,34-35,40,51-62,68,90-91,106-107,109,129-130H,10,17,22-33,36-39H2,1-2H3,(H2,83,110)(H2,84,111)(H2,85,112)(H2,86,113)(H,92,116)(H,93,108)(H,94,123)(H,95,124)(H,96,121)(H,97,126)(H,98,125)(H,99,127)(H,100,122)(H,101,117)(H,102,128)(H,103,118)(H,104,119)(H,105,120)(H,114,115)(H4,87,88,89)/t40-,51+,52+,53+,54+,55+,56+,57+,58+,59+,60+,61+,62+,68+/m1/s1. The van der Waals surface area contributed by atoms with E-state index in [0.717, 1.165) is 13.8 Å². The fourth-order valence-corrected chi connectivity index (χ4v) is 13.7. The van der Waals surface area contributed by atoms with Gasteiger partial charge in [-0.05, 0) is 85.5 Å². The van der Waals surface area contributed by atoms with Gasteiger partial charge in [0.1, 0.15) is 84.3 Å². The van der Waals surface area contributed by atoms with Crippen molar-refractivity contribution in [2.75, 3.05) is 31.2 Å². The maximum Gasteiger partial charge on any atom is 0.303 e. The van der Waals surface area contributed by atoms with Crippen molar-refractivity contribution >= 4 is 165 Å². The molecule has 0 saturated heterocycles. The molecule has 0 spiro atoms. The molecule has 48 heteroatoms. The third kappa shape index (κ3) is 34.4. The Balaban J connectivity index is 1.32. The predicted octanol–water partition coefficient (Wildman–Crippen LogP) is -7.68. The molecule has 0 unspecified atom stereocenters. The lowest BCUT2D eigenvalue weighted by Crippen LogP contribution is -2.62. The number of guanidine groups is 1. The zero-order chi connectivity index (χ0) is 96.0. The monoisotopic (exact) mass is 1850 g/mol. The molecule has 6 rings (SSSR count). The number of benzene rings is 4. The summed E-state index contributed by atoms with van der Waals surface area (Å²) in [5.41, 5.74) is 29.9. The summed E-state index contributed by atoms with van der Waals surface area (Å²) in [6.07, 6.45) is -5.44. The summed E-state index contributed by atoms with van der Waals surface area (Å²) in [5.74, 6) is -22.7. The van der Waals surface area contributed by atoms with Crippen molar-refractivity contribution < 1.29 is 112 Å². The summed E-state index contributed by atoms with van der Waals surface area (Å²) in [4.78, 5) is 267. The van der Waals surface area contributed by atoms with E-state index in [2.05, 4.69) is 115 Å². The van der Waals surface area contributed by atoms with E-state index in [4.69, 9.17) is 34.1 Å². The molecule has 2 heterocycles. The van der Waals surface area contributed by atoms with Crippen LogP contribution in [0.15, 0.2) is 116 Å². The van der Waals surface area contributed by atoms with Gasteiger partial charge in [-0.1, -0.05) is 78.9 Å². The number of carbonyl (C=O) groups excluding carboxylic acids is 18. The molecule has 0 radical (unpaired) electrons. The van der Waals surface area contributed by atoms with Crippen LogP contribution in [0.1, 0.15) is 93.9 Å². The molecule has 14 atom stereocenters. The van der Waals surface area contributed by atoms with Crippen molar-refractivity contribution in [1.82, 2.24) is 89.7 Å². The minimum atomic E-state index is -2.02. The van der Waals surface area contributed by atoms with Crippen LogP contribution < -0.4 is 108 Å². The average molecular weight is 1850 g/mol. The Labute approximate surface area is 753 Å². The predicted molar refractivity (Wildman–Crippen MR) is 472 cm³/mol. The van der Waals surface area contributed by atoms with Crippen LogP contribution in [0, 0.1) is 5.41 Å². The molecular formula is C82H109N23O23S2. The number of nitrogens with two attached hydrogens (primary N) is 5. The summed E-state index contributed by atoms with van der Waals surface area (Å²) in [6, 6.07) is 3.66. The van der Waals surface area contributed by atoms with Crippen LogP contribution in [-0.2, 0) is 117 Å². The van der Waals surface area contributed by atoms with Crippen molar-refractivity contribution in [3.05, 3.63) is 138 Å². The van der Waals surface area contributed by atoms with Crippen LogP contribution in [-0.4, -0.2) is 265 Å². The quantitative estimate of drug-likeness (QED) is 0.00730. The van der Waals surface area contributed by atoms with Gasteiger partial charge in [0, 0.05) is 104 Å². The van der Waals surface area contributed by atoms with Gasteiger partial charge in [0.15, 0.2) is 5.96 Å². The second-order valence-electron chi connectivity index (χ2n) is 30.2. The second-order valence-corrected chi connectivity index (χ2v) is 30.9. The van der Waals surface area contributed by atoms with Gasteiger partial charge >= 0.3 is 5.97 Å². The number of para-hydroxylation sites is 2. The Hall–Kier alpha value is -14.4. The zero-order valence-corrected chi connectivity index (χ0v) is 72.4. The number of thiol groups is 2. The number of aliphatic hydroxyl groups excluding tert-OH is 2. The number of aromatic hydroxyl groups is 1. The number of aliphatic hydroxyl groups is 2. The number of hydrogen-bond acceptors (Lipinski definition) is 25. The SMILES string of the molecule is CC(=O)N[C@@H](CS)C(=O)N[C@@H](CCC(N)=O)C(=O)N[C@H](C(=O)N[C@@H](Cc1c[nH]c2ccccc12)C(=O)N[C@@H](CCC(N)=O)C(=O)N[C@@H](CS)C(=O)N[C@@H](Cc1ccc(O)cc1)C(=O)N[C@@H](Cc1c[nH]c2ccccc12)C(=O)N[C@@H](CCCNC(=N)N)C(=O)N[C@@H](CC(N)=O)C(=O)N[C@@H](Cc1ccccc1)C(=O)N[C@@H](CCC(=O)O)C(=O)N[C@@H](CO)C(=O)NCC(N)=O)[C@@H](C)O. The number of carboxylic acid groups (broad SMARTS) is 1. The molecule has 0 bridgehead atoms. The van der Waals surface area contributed by atoms with E-state index in [0.29, 0.717) is 38.5 Å². The van der Waals surface area contributed by atoms with Gasteiger partial charge in [0.2, 0.25) is 106 Å². The topological polar surface area (TPSA) is 771 Å². The van der Waals surface area contributed by atoms with Crippen LogP contribution in [0.4, 0.5) is 0 Å². The first kappa shape index (κ1) is 104. The van der Waals surface area contributed by atoms with Crippen LogP contribution in [0.3, 0.4) is 0 Å². The molecule has 4 aromatic carbocycles. The second kappa shape index (κ2) is 52.0. The molecule has 18 amide bonds. The van der Waals surface area contributed by atoms with E-state index in [1.807, 2.05) is 0 Å². The number of primary amides is 4. The molecule has 32 N–H and O–H groups in total. The number of hydrogen-bond donors (Lipinski definition) is 29. The molecule has 0 aliphatic rings. The maximum atomic E-state index is 15.4. The number of aromatic amines is 2. The molecule has 0 aliphatic carbocycles. The molecule has 6 aromatic rings. The highest BCUT2D eigenvalue weighted by Crippen LogP contribution is 2.23. The minimum Gasteiger partial charge on any atom is -0.508 e. The van der Waals surface area contributed by atoms with Gasteiger partial charge in [0.05, 0.1) is 25.7 Å². The Kier molecular flexibility index (Phi) is 41.8. The minimum absolute atomic E-state index is 0.102. The summed E-state index contributed by atoms with van der Waals surface area (Å²) < 4.78 is 0. The highest BCUT2D eigenvalue weighted by molar-refractivity contribution is 7.80. The fourth-order valence-electron chi connectivity index (χ4n) is 13.2. The zero-order valence-electron chi connectivity index (χ0n) is 70.6. The Morgan fingerprint density at radius 3 is 1.17 bits per heavy atom. The molecule has 0 saturated carbocycles. The first-order valence-corrected chi connectivity index (χ1v) is 42.0. The van der Waals surface area contributed by atoms with Crippen molar-refractivity contribution in [1.29, 1.82) is 5.41 Å². The molecule has 2 aromatic heterocycles. The number of phenolic OH excluding ortho intramolecular Hbond substituents is 1. The number of amides is 18. The largest absolute Gasteiger partial charge is 0.508 e. The normalized spacial score (nSPS) is 14.3. The molecule has 46 nitrogen and oxygen atoms in total. The Bertz CT molecular complexity index is 5060. The number of carboxylic acids is 1. The fraction of sp³-hybridized carbons (Fsp3) is 0.415. The lowest BCUT2D eigenvalue weighted by atomic mass is 10.0. The molecule has 130 heavy (non-hydrogen) atoms. The maximum absolute atomic E-state index is 15.4. The van der Waals surface area contributed by atoms with E-state index in [-0.39, 0.29) is 36.5 Å². The number of aliphatic carboxylic acids is 1. The first-order chi connectivity index (χ1) is 61.7. The van der Waals surface area contributed by atoms with Crippen LogP contribution in [0.2, 0.25) is 0 Å². The van der Waals surface area contributed by atoms with Crippen LogP contribution in [0.25, 0.3) is 21.8 Å². The third-order valence-electron chi connectivity index (χ3n) is 20.0. The van der Waals surface area contributed by atoms with E-state index >= 15 is 9.59 Å². The van der Waals surface area contributed by atoms with Crippen molar-refractivity contribution in [2.24, 2.45) is 28.7 Å². The van der Waals surface area contributed by atoms with Crippen LogP contribution in [0.5, 0.6) is 5.75 Å². The van der Waals surface area contributed by atoms with Gasteiger partial charge in [-0.2, -0.15) is 25.3 Å². The third-order valence-corrected chi connectivity index (χ3v) is 20.7. The van der Waals surface area contributed by atoms with E-state index in [1.54, 1.807) is 66.7 Å². The van der Waals surface area contributed by atoms with Crippen molar-refractivity contribution in [3.63, 3.8) is 0 Å². The highest BCUT2D eigenvalue weighted by Gasteiger charge is 2.40. The van der Waals surface area contributed by atoms with E-state index in [1.165, 1.54) is 48.8 Å². The van der Waals surface area contributed by atoms with Gasteiger partial charge in [-0.3, -0.25) is 96.5 Å². The van der Waals surface area contributed by atoms with Gasteiger partial charge in [-0.15, -0.1) is 0 Å². The number of aromatic nitrogens is 2. The van der Waals surface area contributed by atoms with Crippen molar-refractivity contribution in [2.45, 2.75) is 182 Å². The molecule has 0 fully saturated rings. The van der Waals surface area contributed by atoms with Crippen LogP contribution >= 0.6 is 25.3 Å². The number of H-pyrrole nitrogens is 2. The average Bonchev–Trinajstić information content (AvgIpc) is 1.65.